The molecule has 0 unspecified atom stereocenters. The summed E-state index contributed by atoms with van der Waals surface area (Å²) in [6.45, 7) is 4.90. The maximum atomic E-state index is 11.4. The fourth-order valence-electron chi connectivity index (χ4n) is 1.63. The van der Waals surface area contributed by atoms with Gasteiger partial charge in [-0.25, -0.2) is 4.79 Å². The van der Waals surface area contributed by atoms with Gasteiger partial charge in [-0.3, -0.25) is 9.69 Å². The standard InChI is InChI=1S/C12H18N2O4/c1-4-13-11(15)7-14(3)6-9-5-10(12(16)17)18-8(9)2/h5H,4,6-7H2,1-3H3,(H,13,15)(H,16,17). The van der Waals surface area contributed by atoms with Gasteiger partial charge in [-0.05, 0) is 27.0 Å². The molecule has 0 bridgehead atoms. The predicted octanol–water partition coefficient (Wildman–Crippen LogP) is 0.854. The van der Waals surface area contributed by atoms with Crippen LogP contribution in [0.3, 0.4) is 0 Å². The first-order valence-electron chi connectivity index (χ1n) is 5.71. The summed E-state index contributed by atoms with van der Waals surface area (Å²) in [7, 11) is 1.79. The van der Waals surface area contributed by atoms with Crippen LogP contribution in [0.15, 0.2) is 10.5 Å². The van der Waals surface area contributed by atoms with Gasteiger partial charge in [-0.15, -0.1) is 0 Å². The summed E-state index contributed by atoms with van der Waals surface area (Å²) >= 11 is 0. The second-order valence-electron chi connectivity index (χ2n) is 4.12. The Labute approximate surface area is 106 Å². The quantitative estimate of drug-likeness (QED) is 0.786. The number of furan rings is 1. The Morgan fingerprint density at radius 2 is 2.17 bits per heavy atom. The molecule has 100 valence electrons. The summed E-state index contributed by atoms with van der Waals surface area (Å²) in [4.78, 5) is 23.9. The lowest BCUT2D eigenvalue weighted by Crippen LogP contribution is -2.34. The fourth-order valence-corrected chi connectivity index (χ4v) is 1.63. The molecule has 1 amide bonds. The van der Waals surface area contributed by atoms with Crippen molar-refractivity contribution in [2.45, 2.75) is 20.4 Å². The van der Waals surface area contributed by atoms with E-state index in [9.17, 15) is 9.59 Å². The zero-order valence-electron chi connectivity index (χ0n) is 10.8. The van der Waals surface area contributed by atoms with E-state index in [4.69, 9.17) is 9.52 Å². The van der Waals surface area contributed by atoms with Gasteiger partial charge in [-0.1, -0.05) is 0 Å². The van der Waals surface area contributed by atoms with E-state index in [0.29, 0.717) is 18.8 Å². The zero-order valence-corrected chi connectivity index (χ0v) is 10.8. The summed E-state index contributed by atoms with van der Waals surface area (Å²) in [6, 6.07) is 1.49. The second-order valence-corrected chi connectivity index (χ2v) is 4.12. The number of amides is 1. The van der Waals surface area contributed by atoms with Crippen molar-refractivity contribution in [2.75, 3.05) is 20.1 Å². The normalized spacial score (nSPS) is 10.7. The lowest BCUT2D eigenvalue weighted by molar-refractivity contribution is -0.121. The van der Waals surface area contributed by atoms with E-state index in [-0.39, 0.29) is 18.2 Å². The van der Waals surface area contributed by atoms with Crippen molar-refractivity contribution in [2.24, 2.45) is 0 Å². The third kappa shape index (κ3) is 3.89. The first-order chi connectivity index (χ1) is 8.43. The number of carboxylic acids is 1. The van der Waals surface area contributed by atoms with Gasteiger partial charge in [-0.2, -0.15) is 0 Å². The molecule has 0 radical (unpaired) electrons. The molecule has 0 aliphatic carbocycles. The molecular formula is C12H18N2O4. The van der Waals surface area contributed by atoms with Gasteiger partial charge in [0, 0.05) is 18.7 Å². The number of nitrogens with one attached hydrogen (secondary N) is 1. The second kappa shape index (κ2) is 6.20. The summed E-state index contributed by atoms with van der Waals surface area (Å²) < 4.78 is 5.10. The topological polar surface area (TPSA) is 82.8 Å². The SMILES string of the molecule is CCNC(=O)CN(C)Cc1cc(C(=O)O)oc1C. The Morgan fingerprint density at radius 3 is 2.67 bits per heavy atom. The van der Waals surface area contributed by atoms with E-state index in [1.165, 1.54) is 6.07 Å². The molecule has 0 spiro atoms. The molecule has 2 N–H and O–H groups in total. The highest BCUT2D eigenvalue weighted by Gasteiger charge is 2.15. The number of carbonyl (C=O) groups excluding carboxylic acids is 1. The highest BCUT2D eigenvalue weighted by Crippen LogP contribution is 2.16. The van der Waals surface area contributed by atoms with Crippen LogP contribution in [0, 0.1) is 6.92 Å². The van der Waals surface area contributed by atoms with Crippen LogP contribution in [-0.4, -0.2) is 42.0 Å². The van der Waals surface area contributed by atoms with Gasteiger partial charge < -0.3 is 14.8 Å². The molecule has 0 atom stereocenters. The van der Waals surface area contributed by atoms with Crippen molar-refractivity contribution in [1.82, 2.24) is 10.2 Å². The van der Waals surface area contributed by atoms with E-state index in [0.717, 1.165) is 5.56 Å². The van der Waals surface area contributed by atoms with Crippen LogP contribution < -0.4 is 5.32 Å². The summed E-state index contributed by atoms with van der Waals surface area (Å²) in [5, 5.41) is 11.5. The highest BCUT2D eigenvalue weighted by atomic mass is 16.4. The van der Waals surface area contributed by atoms with Crippen molar-refractivity contribution in [1.29, 1.82) is 0 Å². The van der Waals surface area contributed by atoms with Crippen LogP contribution in [0.2, 0.25) is 0 Å². The van der Waals surface area contributed by atoms with Gasteiger partial charge in [0.15, 0.2) is 0 Å². The molecule has 0 fully saturated rings. The minimum absolute atomic E-state index is 0.0559. The van der Waals surface area contributed by atoms with Crippen LogP contribution in [0.25, 0.3) is 0 Å². The van der Waals surface area contributed by atoms with Crippen molar-refractivity contribution in [3.05, 3.63) is 23.2 Å². The van der Waals surface area contributed by atoms with Crippen molar-refractivity contribution >= 4 is 11.9 Å². The third-order valence-electron chi connectivity index (χ3n) is 2.46. The highest BCUT2D eigenvalue weighted by molar-refractivity contribution is 5.84. The molecule has 0 aliphatic heterocycles. The Balaban J connectivity index is 2.61. The van der Waals surface area contributed by atoms with Crippen molar-refractivity contribution in [3.63, 3.8) is 0 Å². The van der Waals surface area contributed by atoms with E-state index < -0.39 is 5.97 Å². The number of likely N-dealkylation sites (N-methyl/N-ethyl adjacent to an activating group) is 2. The van der Waals surface area contributed by atoms with Crippen LogP contribution >= 0.6 is 0 Å². The molecule has 6 nitrogen and oxygen atoms in total. The summed E-state index contributed by atoms with van der Waals surface area (Å²) in [6.07, 6.45) is 0. The van der Waals surface area contributed by atoms with Crippen molar-refractivity contribution < 1.29 is 19.1 Å². The van der Waals surface area contributed by atoms with Crippen LogP contribution in [-0.2, 0) is 11.3 Å². The Bertz CT molecular complexity index is 439. The number of rotatable bonds is 6. The number of carboxylic acid groups (broad SMARTS) is 1. The zero-order chi connectivity index (χ0) is 13.7. The molecule has 1 rings (SSSR count). The molecule has 1 heterocycles. The first-order valence-corrected chi connectivity index (χ1v) is 5.71. The van der Waals surface area contributed by atoms with Gasteiger partial charge >= 0.3 is 5.97 Å². The Hall–Kier alpha value is -1.82. The number of aromatic carboxylic acids is 1. The van der Waals surface area contributed by atoms with Crippen LogP contribution in [0.5, 0.6) is 0 Å². The summed E-state index contributed by atoms with van der Waals surface area (Å²) in [5.41, 5.74) is 0.777. The minimum Gasteiger partial charge on any atom is -0.475 e. The maximum absolute atomic E-state index is 11.4. The fraction of sp³-hybridized carbons (Fsp3) is 0.500. The number of nitrogens with zero attached hydrogens (tertiary/aromatic N) is 1. The Kier molecular flexibility index (Phi) is 4.91. The Morgan fingerprint density at radius 1 is 1.50 bits per heavy atom. The average molecular weight is 254 g/mol. The molecule has 1 aromatic rings. The molecule has 18 heavy (non-hydrogen) atoms. The van der Waals surface area contributed by atoms with Gasteiger partial charge in [0.05, 0.1) is 6.54 Å². The van der Waals surface area contributed by atoms with Gasteiger partial charge in [0.1, 0.15) is 5.76 Å². The van der Waals surface area contributed by atoms with E-state index in [1.807, 2.05) is 6.92 Å². The number of carbonyl (C=O) groups is 2. The molecule has 0 saturated carbocycles. The van der Waals surface area contributed by atoms with Gasteiger partial charge in [0.2, 0.25) is 11.7 Å². The lowest BCUT2D eigenvalue weighted by atomic mass is 10.2. The largest absolute Gasteiger partial charge is 0.475 e. The predicted molar refractivity (Wildman–Crippen MR) is 65.4 cm³/mol. The molecule has 6 heteroatoms. The first kappa shape index (κ1) is 14.2. The van der Waals surface area contributed by atoms with Gasteiger partial charge in [0.25, 0.3) is 0 Å². The number of hydrogen-bond acceptors (Lipinski definition) is 4. The lowest BCUT2D eigenvalue weighted by Gasteiger charge is -2.15. The van der Waals surface area contributed by atoms with E-state index >= 15 is 0 Å². The average Bonchev–Trinajstić information content (AvgIpc) is 2.60. The smallest absolute Gasteiger partial charge is 0.371 e. The molecule has 0 aliphatic rings. The van der Waals surface area contributed by atoms with Crippen LogP contribution in [0.4, 0.5) is 0 Å². The maximum Gasteiger partial charge on any atom is 0.371 e. The van der Waals surface area contributed by atoms with E-state index in [1.54, 1.807) is 18.9 Å². The van der Waals surface area contributed by atoms with E-state index in [2.05, 4.69) is 5.32 Å². The monoisotopic (exact) mass is 254 g/mol. The molecule has 0 saturated heterocycles. The molecule has 0 aromatic carbocycles. The third-order valence-corrected chi connectivity index (χ3v) is 2.46. The number of hydrogen-bond donors (Lipinski definition) is 2. The molecular weight excluding hydrogens is 236 g/mol. The summed E-state index contributed by atoms with van der Waals surface area (Å²) in [5.74, 6) is -0.653. The minimum atomic E-state index is -1.09. The van der Waals surface area contributed by atoms with Crippen molar-refractivity contribution in [3.8, 4) is 0 Å². The van der Waals surface area contributed by atoms with Crippen LogP contribution in [0.1, 0.15) is 28.8 Å². The molecule has 1 aromatic heterocycles. The number of aryl methyl sites for hydroxylation is 1.